The van der Waals surface area contributed by atoms with Gasteiger partial charge < -0.3 is 9.47 Å². The Morgan fingerprint density at radius 3 is 2.31 bits per heavy atom. The largest absolute Gasteiger partial charge is 0.452 e. The predicted molar refractivity (Wildman–Crippen MR) is 126 cm³/mol. The van der Waals surface area contributed by atoms with Gasteiger partial charge in [-0.25, -0.2) is 8.42 Å². The highest BCUT2D eigenvalue weighted by atomic mass is 32.2. The van der Waals surface area contributed by atoms with E-state index in [0.29, 0.717) is 12.2 Å². The Morgan fingerprint density at radius 1 is 1.03 bits per heavy atom. The molecule has 3 aromatic rings. The van der Waals surface area contributed by atoms with Gasteiger partial charge in [-0.1, -0.05) is 41.5 Å². The average Bonchev–Trinajstić information content (AvgIpc) is 3.21. The van der Waals surface area contributed by atoms with Gasteiger partial charge in [0, 0.05) is 31.0 Å². The monoisotopic (exact) mass is 468 g/mol. The summed E-state index contributed by atoms with van der Waals surface area (Å²) in [6, 6.07) is 17.6. The predicted octanol–water partition coefficient (Wildman–Crippen LogP) is 4.58. The molecule has 2 heterocycles. The first-order valence-electron chi connectivity index (χ1n) is 10.3. The maximum atomic E-state index is 13.5. The fourth-order valence-corrected chi connectivity index (χ4v) is 5.59. The molecule has 6 nitrogen and oxygen atoms in total. The maximum absolute atomic E-state index is 13.5. The van der Waals surface area contributed by atoms with Crippen molar-refractivity contribution in [3.63, 3.8) is 0 Å². The van der Waals surface area contributed by atoms with Crippen molar-refractivity contribution in [1.82, 2.24) is 9.29 Å². The quantitative estimate of drug-likeness (QED) is 0.511. The third kappa shape index (κ3) is 4.98. The van der Waals surface area contributed by atoms with Crippen molar-refractivity contribution in [2.24, 2.45) is 0 Å². The van der Waals surface area contributed by atoms with Crippen molar-refractivity contribution < 1.29 is 17.9 Å². The van der Waals surface area contributed by atoms with Gasteiger partial charge in [-0.3, -0.25) is 4.98 Å². The van der Waals surface area contributed by atoms with E-state index in [2.05, 4.69) is 4.98 Å². The SMILES string of the molecule is Cc1ccc(OC(=S)OC2CC(c3cccnc3)N(S(=O)(=O)c3ccc(C)cc3)C2)cc1. The number of benzene rings is 2. The van der Waals surface area contributed by atoms with Crippen LogP contribution in [-0.4, -0.2) is 35.6 Å². The van der Waals surface area contributed by atoms with Crippen molar-refractivity contribution in [2.75, 3.05) is 6.54 Å². The van der Waals surface area contributed by atoms with E-state index in [1.54, 1.807) is 42.7 Å². The number of pyridine rings is 1. The molecular weight excluding hydrogens is 444 g/mol. The second-order valence-electron chi connectivity index (χ2n) is 7.83. The van der Waals surface area contributed by atoms with E-state index in [-0.39, 0.29) is 16.7 Å². The standard InChI is InChI=1S/C24H24N2O4S2/c1-17-5-9-20(10-6-17)29-24(31)30-21-14-23(19-4-3-13-25-15-19)26(16-21)32(27,28)22-11-7-18(2)8-12-22/h3-13,15,21,23H,14,16H2,1-2H3. The minimum atomic E-state index is -3.74. The normalized spacial score (nSPS) is 18.9. The van der Waals surface area contributed by atoms with E-state index in [9.17, 15) is 8.42 Å². The van der Waals surface area contributed by atoms with Gasteiger partial charge >= 0.3 is 5.24 Å². The molecule has 1 fully saturated rings. The molecule has 0 saturated carbocycles. The highest BCUT2D eigenvalue weighted by Crippen LogP contribution is 2.37. The summed E-state index contributed by atoms with van der Waals surface area (Å²) in [6.45, 7) is 4.06. The first-order valence-corrected chi connectivity index (χ1v) is 12.1. The average molecular weight is 469 g/mol. The number of aryl methyl sites for hydroxylation is 2. The highest BCUT2D eigenvalue weighted by Gasteiger charge is 2.42. The number of sulfonamides is 1. The lowest BCUT2D eigenvalue weighted by atomic mass is 10.1. The molecule has 2 unspecified atom stereocenters. The number of nitrogens with zero attached hydrogens (tertiary/aromatic N) is 2. The van der Waals surface area contributed by atoms with Crippen molar-refractivity contribution in [3.8, 4) is 5.75 Å². The molecule has 166 valence electrons. The molecule has 32 heavy (non-hydrogen) atoms. The molecule has 0 N–H and O–H groups in total. The van der Waals surface area contributed by atoms with Gasteiger partial charge in [0.2, 0.25) is 10.0 Å². The van der Waals surface area contributed by atoms with Crippen molar-refractivity contribution in [3.05, 3.63) is 89.7 Å². The van der Waals surface area contributed by atoms with Gasteiger partial charge in [-0.15, -0.1) is 0 Å². The smallest absolute Gasteiger partial charge is 0.358 e. The van der Waals surface area contributed by atoms with Crippen LogP contribution >= 0.6 is 12.2 Å². The zero-order valence-electron chi connectivity index (χ0n) is 17.8. The topological polar surface area (TPSA) is 68.7 Å². The Bertz CT molecular complexity index is 1180. The summed E-state index contributed by atoms with van der Waals surface area (Å²) in [5.41, 5.74) is 2.91. The fraction of sp³-hybridized carbons (Fsp3) is 0.250. The van der Waals surface area contributed by atoms with Gasteiger partial charge in [0.25, 0.3) is 0 Å². The lowest BCUT2D eigenvalue weighted by Gasteiger charge is -2.23. The number of hydrogen-bond acceptors (Lipinski definition) is 6. The molecule has 1 aromatic heterocycles. The van der Waals surface area contributed by atoms with Crippen LogP contribution in [0.1, 0.15) is 29.2 Å². The maximum Gasteiger partial charge on any atom is 0.358 e. The van der Waals surface area contributed by atoms with E-state index >= 15 is 0 Å². The molecule has 0 spiro atoms. The zero-order chi connectivity index (χ0) is 22.7. The number of ether oxygens (including phenoxy) is 2. The zero-order valence-corrected chi connectivity index (χ0v) is 19.5. The summed E-state index contributed by atoms with van der Waals surface area (Å²) in [4.78, 5) is 4.41. The van der Waals surface area contributed by atoms with Crippen LogP contribution in [0.2, 0.25) is 0 Å². The van der Waals surface area contributed by atoms with Crippen LogP contribution in [-0.2, 0) is 14.8 Å². The Hall–Kier alpha value is -2.81. The van der Waals surface area contributed by atoms with Gasteiger partial charge in [0.05, 0.1) is 17.5 Å². The molecule has 2 atom stereocenters. The third-order valence-corrected chi connectivity index (χ3v) is 7.47. The molecule has 8 heteroatoms. The van der Waals surface area contributed by atoms with Gasteiger partial charge in [0.15, 0.2) is 0 Å². The molecule has 1 aliphatic rings. The lowest BCUT2D eigenvalue weighted by Crippen LogP contribution is -2.32. The van der Waals surface area contributed by atoms with E-state index in [4.69, 9.17) is 21.7 Å². The molecule has 0 radical (unpaired) electrons. The van der Waals surface area contributed by atoms with Crippen LogP contribution in [0, 0.1) is 13.8 Å². The number of aromatic nitrogens is 1. The third-order valence-electron chi connectivity index (χ3n) is 5.40. The molecule has 1 aliphatic heterocycles. The molecule has 1 saturated heterocycles. The first kappa shape index (κ1) is 22.4. The van der Waals surface area contributed by atoms with Crippen LogP contribution < -0.4 is 4.74 Å². The molecule has 0 aliphatic carbocycles. The molecular formula is C24H24N2O4S2. The minimum absolute atomic E-state index is 0.0293. The Balaban J connectivity index is 1.55. The van der Waals surface area contributed by atoms with Gasteiger partial charge in [-0.2, -0.15) is 4.31 Å². The summed E-state index contributed by atoms with van der Waals surface area (Å²) < 4.78 is 39.9. The minimum Gasteiger partial charge on any atom is -0.452 e. The highest BCUT2D eigenvalue weighted by molar-refractivity contribution is 7.89. The lowest BCUT2D eigenvalue weighted by molar-refractivity contribution is 0.166. The summed E-state index contributed by atoms with van der Waals surface area (Å²) >= 11 is 5.28. The fourth-order valence-electron chi connectivity index (χ4n) is 3.70. The Kier molecular flexibility index (Phi) is 6.55. The number of hydrogen-bond donors (Lipinski definition) is 0. The van der Waals surface area contributed by atoms with E-state index in [1.165, 1.54) is 4.31 Å². The van der Waals surface area contributed by atoms with Crippen LogP contribution in [0.15, 0.2) is 78.0 Å². The molecule has 2 aromatic carbocycles. The molecule has 0 bridgehead atoms. The number of thiocarbonyl (C=S) groups is 1. The van der Waals surface area contributed by atoms with Crippen LogP contribution in [0.4, 0.5) is 0 Å². The van der Waals surface area contributed by atoms with E-state index in [0.717, 1.165) is 16.7 Å². The van der Waals surface area contributed by atoms with Gasteiger partial charge in [0.1, 0.15) is 11.9 Å². The summed E-state index contributed by atoms with van der Waals surface area (Å²) in [5.74, 6) is 0.575. The van der Waals surface area contributed by atoms with Crippen molar-refractivity contribution in [2.45, 2.75) is 37.3 Å². The number of rotatable bonds is 5. The molecule has 0 amide bonds. The van der Waals surface area contributed by atoms with Gasteiger partial charge in [-0.05, 0) is 49.7 Å². The summed E-state index contributed by atoms with van der Waals surface area (Å²) in [6.07, 6.45) is 3.34. The van der Waals surface area contributed by atoms with E-state index < -0.39 is 22.2 Å². The van der Waals surface area contributed by atoms with Crippen molar-refractivity contribution in [1.29, 1.82) is 0 Å². The Labute approximate surface area is 193 Å². The van der Waals surface area contributed by atoms with Crippen LogP contribution in [0.25, 0.3) is 0 Å². The van der Waals surface area contributed by atoms with E-state index in [1.807, 2.05) is 44.2 Å². The second kappa shape index (κ2) is 9.36. The molecule has 4 rings (SSSR count). The Morgan fingerprint density at radius 2 is 1.69 bits per heavy atom. The second-order valence-corrected chi connectivity index (χ2v) is 10.1. The van der Waals surface area contributed by atoms with Crippen LogP contribution in [0.5, 0.6) is 5.75 Å². The summed E-state index contributed by atoms with van der Waals surface area (Å²) in [7, 11) is -3.74. The van der Waals surface area contributed by atoms with Crippen molar-refractivity contribution >= 4 is 27.5 Å². The first-order chi connectivity index (χ1) is 15.3. The summed E-state index contributed by atoms with van der Waals surface area (Å²) in [5, 5.41) is -0.0293. The van der Waals surface area contributed by atoms with Crippen LogP contribution in [0.3, 0.4) is 0 Å².